The highest BCUT2D eigenvalue weighted by Crippen LogP contribution is 2.49. The minimum Gasteiger partial charge on any atom is -0.310 e. The first kappa shape index (κ1) is 17.1. The van der Waals surface area contributed by atoms with Gasteiger partial charge in [-0.05, 0) is 56.1 Å². The number of benzene rings is 2. The molecule has 2 aromatic rings. The van der Waals surface area contributed by atoms with E-state index in [0.29, 0.717) is 17.9 Å². The molecule has 3 heteroatoms. The highest BCUT2D eigenvalue weighted by Gasteiger charge is 2.45. The normalized spacial score (nSPS) is 28.7. The molecule has 1 saturated heterocycles. The molecule has 0 amide bonds. The summed E-state index contributed by atoms with van der Waals surface area (Å²) in [5.74, 6) is 0.944. The zero-order valence-electron chi connectivity index (χ0n) is 15.3. The molecule has 2 nitrogen and oxygen atoms in total. The lowest BCUT2D eigenvalue weighted by Crippen LogP contribution is -2.64. The number of hydrogen-bond donors (Lipinski definition) is 1. The summed E-state index contributed by atoms with van der Waals surface area (Å²) in [6.45, 7) is 6.88. The third kappa shape index (κ3) is 2.91. The van der Waals surface area contributed by atoms with E-state index in [1.165, 1.54) is 16.7 Å². The van der Waals surface area contributed by atoms with E-state index in [4.69, 9.17) is 11.6 Å². The summed E-state index contributed by atoms with van der Waals surface area (Å²) < 4.78 is 0. The van der Waals surface area contributed by atoms with Crippen LogP contribution in [0.1, 0.15) is 48.8 Å². The second kappa shape index (κ2) is 6.42. The number of piperazine rings is 1. The smallest absolute Gasteiger partial charge is 0.0409 e. The van der Waals surface area contributed by atoms with E-state index >= 15 is 0 Å². The van der Waals surface area contributed by atoms with Gasteiger partial charge >= 0.3 is 0 Å². The molecule has 2 aliphatic rings. The van der Waals surface area contributed by atoms with Crippen molar-refractivity contribution in [2.24, 2.45) is 0 Å². The maximum absolute atomic E-state index is 6.39. The molecule has 4 rings (SSSR count). The predicted molar refractivity (Wildman–Crippen MR) is 106 cm³/mol. The van der Waals surface area contributed by atoms with Crippen molar-refractivity contribution in [2.75, 3.05) is 20.1 Å². The molecular weight excluding hydrogens is 328 g/mol. The van der Waals surface area contributed by atoms with Gasteiger partial charge in [0.25, 0.3) is 0 Å². The Morgan fingerprint density at radius 1 is 1.08 bits per heavy atom. The van der Waals surface area contributed by atoms with Gasteiger partial charge in [0, 0.05) is 41.5 Å². The lowest BCUT2D eigenvalue weighted by Gasteiger charge is -2.49. The third-order valence-corrected chi connectivity index (χ3v) is 6.71. The number of likely N-dealkylation sites (N-methyl/N-ethyl adjacent to an activating group) is 1. The summed E-state index contributed by atoms with van der Waals surface area (Å²) in [5, 5.41) is 4.68. The Kier molecular flexibility index (Phi) is 4.39. The molecule has 2 aromatic carbocycles. The number of nitrogens with one attached hydrogen (secondary N) is 1. The first-order valence-electron chi connectivity index (χ1n) is 9.27. The fourth-order valence-electron chi connectivity index (χ4n) is 4.81. The molecule has 132 valence electrons. The van der Waals surface area contributed by atoms with Gasteiger partial charge in [-0.2, -0.15) is 0 Å². The van der Waals surface area contributed by atoms with Crippen LogP contribution in [0.3, 0.4) is 0 Å². The number of halogens is 1. The van der Waals surface area contributed by atoms with Crippen molar-refractivity contribution in [1.82, 2.24) is 10.2 Å². The van der Waals surface area contributed by atoms with Crippen molar-refractivity contribution in [3.63, 3.8) is 0 Å². The van der Waals surface area contributed by atoms with E-state index in [1.54, 1.807) is 0 Å². The molecule has 1 unspecified atom stereocenters. The molecular formula is C22H27ClN2. The van der Waals surface area contributed by atoms with Crippen LogP contribution >= 0.6 is 11.6 Å². The predicted octanol–water partition coefficient (Wildman–Crippen LogP) is 4.64. The van der Waals surface area contributed by atoms with E-state index in [1.807, 2.05) is 6.07 Å². The fourth-order valence-corrected chi connectivity index (χ4v) is 4.99. The van der Waals surface area contributed by atoms with Gasteiger partial charge in [0.05, 0.1) is 0 Å². The molecule has 0 bridgehead atoms. The van der Waals surface area contributed by atoms with Gasteiger partial charge in [0.1, 0.15) is 0 Å². The van der Waals surface area contributed by atoms with Crippen LogP contribution in [0.25, 0.3) is 0 Å². The van der Waals surface area contributed by atoms with Crippen molar-refractivity contribution < 1.29 is 0 Å². The fraction of sp³-hybridized carbons (Fsp3) is 0.455. The number of nitrogens with zero attached hydrogens (tertiary/aromatic N) is 1. The van der Waals surface area contributed by atoms with Crippen molar-refractivity contribution in [2.45, 2.75) is 43.7 Å². The van der Waals surface area contributed by atoms with Crippen LogP contribution < -0.4 is 5.32 Å². The monoisotopic (exact) mass is 354 g/mol. The van der Waals surface area contributed by atoms with Gasteiger partial charge < -0.3 is 5.32 Å². The van der Waals surface area contributed by atoms with E-state index < -0.39 is 0 Å². The highest BCUT2D eigenvalue weighted by molar-refractivity contribution is 6.30. The SMILES string of the molecule is CN1CCNC([C@H]2C[C@@H](c3ccccc3)c3ccc(Cl)cc32)C1(C)C. The minimum absolute atomic E-state index is 0.119. The number of rotatable bonds is 2. The van der Waals surface area contributed by atoms with Crippen molar-refractivity contribution in [1.29, 1.82) is 0 Å². The molecule has 0 saturated carbocycles. The Labute approximate surface area is 156 Å². The van der Waals surface area contributed by atoms with E-state index in [2.05, 4.69) is 73.6 Å². The second-order valence-corrected chi connectivity index (χ2v) is 8.52. The first-order valence-corrected chi connectivity index (χ1v) is 9.65. The summed E-state index contributed by atoms with van der Waals surface area (Å²) in [6.07, 6.45) is 1.15. The minimum atomic E-state index is 0.119. The van der Waals surface area contributed by atoms with E-state index in [0.717, 1.165) is 24.5 Å². The molecule has 1 fully saturated rings. The summed E-state index contributed by atoms with van der Waals surface area (Å²) in [5.41, 5.74) is 4.41. The van der Waals surface area contributed by atoms with E-state index in [-0.39, 0.29) is 5.54 Å². The topological polar surface area (TPSA) is 15.3 Å². The number of hydrogen-bond acceptors (Lipinski definition) is 2. The summed E-state index contributed by atoms with van der Waals surface area (Å²) in [4.78, 5) is 2.49. The molecule has 1 heterocycles. The van der Waals surface area contributed by atoms with Gasteiger partial charge in [-0.3, -0.25) is 4.90 Å². The molecule has 1 N–H and O–H groups in total. The quantitative estimate of drug-likeness (QED) is 0.845. The van der Waals surface area contributed by atoms with Gasteiger partial charge in [-0.1, -0.05) is 48.0 Å². The summed E-state index contributed by atoms with van der Waals surface area (Å²) in [7, 11) is 2.25. The second-order valence-electron chi connectivity index (χ2n) is 8.09. The van der Waals surface area contributed by atoms with Crippen LogP contribution in [0.15, 0.2) is 48.5 Å². The van der Waals surface area contributed by atoms with Gasteiger partial charge in [-0.15, -0.1) is 0 Å². The summed E-state index contributed by atoms with van der Waals surface area (Å²) >= 11 is 6.39. The Balaban J connectivity index is 1.76. The standard InChI is InChI=1S/C22H27ClN2/c1-22(2)21(24-11-12-25(22)3)20-14-18(15-7-5-4-6-8-15)17-10-9-16(23)13-19(17)20/h4-10,13,18,20-21,24H,11-12,14H2,1-3H3/t18-,20-,21?/m0/s1. The molecule has 3 atom stereocenters. The van der Waals surface area contributed by atoms with Gasteiger partial charge in [-0.25, -0.2) is 0 Å². The largest absolute Gasteiger partial charge is 0.310 e. The Morgan fingerprint density at radius 2 is 1.84 bits per heavy atom. The maximum Gasteiger partial charge on any atom is 0.0409 e. The first-order chi connectivity index (χ1) is 12.0. The van der Waals surface area contributed by atoms with Crippen LogP contribution in [0, 0.1) is 0 Å². The zero-order valence-corrected chi connectivity index (χ0v) is 16.1. The van der Waals surface area contributed by atoms with Crippen LogP contribution in [0.2, 0.25) is 5.02 Å². The van der Waals surface area contributed by atoms with Crippen LogP contribution in [0.4, 0.5) is 0 Å². The van der Waals surface area contributed by atoms with Crippen LogP contribution in [0.5, 0.6) is 0 Å². The van der Waals surface area contributed by atoms with Gasteiger partial charge in [0.2, 0.25) is 0 Å². The molecule has 1 aliphatic carbocycles. The Morgan fingerprint density at radius 3 is 2.60 bits per heavy atom. The Bertz CT molecular complexity index is 756. The maximum atomic E-state index is 6.39. The van der Waals surface area contributed by atoms with Gasteiger partial charge in [0.15, 0.2) is 0 Å². The lowest BCUT2D eigenvalue weighted by atomic mass is 9.78. The van der Waals surface area contributed by atoms with E-state index in [9.17, 15) is 0 Å². The molecule has 0 radical (unpaired) electrons. The number of fused-ring (bicyclic) bond motifs is 1. The molecule has 0 aromatic heterocycles. The lowest BCUT2D eigenvalue weighted by molar-refractivity contribution is 0.0609. The average Bonchev–Trinajstić information content (AvgIpc) is 2.96. The van der Waals surface area contributed by atoms with Crippen molar-refractivity contribution in [3.05, 3.63) is 70.2 Å². The molecule has 25 heavy (non-hydrogen) atoms. The highest BCUT2D eigenvalue weighted by atomic mass is 35.5. The average molecular weight is 355 g/mol. The Hall–Kier alpha value is -1.35. The molecule has 0 spiro atoms. The van der Waals surface area contributed by atoms with Crippen LogP contribution in [-0.4, -0.2) is 36.6 Å². The molecule has 1 aliphatic heterocycles. The zero-order chi connectivity index (χ0) is 17.6. The third-order valence-electron chi connectivity index (χ3n) is 6.47. The van der Waals surface area contributed by atoms with Crippen molar-refractivity contribution in [3.8, 4) is 0 Å². The van der Waals surface area contributed by atoms with Crippen molar-refractivity contribution >= 4 is 11.6 Å². The summed E-state index contributed by atoms with van der Waals surface area (Å²) in [6, 6.07) is 17.8. The van der Waals surface area contributed by atoms with Crippen LogP contribution in [-0.2, 0) is 0 Å².